The van der Waals surface area contributed by atoms with E-state index >= 15 is 0 Å². The Balaban J connectivity index is 0.00000456. The number of imidazole rings is 1. The number of rotatable bonds is 7. The molecule has 0 saturated heterocycles. The molecule has 0 aliphatic rings. The maximum atomic E-state index is 9.35. The summed E-state index contributed by atoms with van der Waals surface area (Å²) in [5, 5.41) is 4.11. The molecule has 8 aromatic carbocycles. The molecule has 5 nitrogen and oxygen atoms in total. The fourth-order valence-electron chi connectivity index (χ4n) is 9.08. The van der Waals surface area contributed by atoms with Crippen LogP contribution in [-0.2, 0) is 27.4 Å². The molecule has 6 heteroatoms. The predicted octanol–water partition coefficient (Wildman–Crippen LogP) is 13.5. The average Bonchev–Trinajstić information content (AvgIpc) is 4.02. The Morgan fingerprint density at radius 1 is 0.597 bits per heavy atom. The van der Waals surface area contributed by atoms with Gasteiger partial charge in [0.25, 0.3) is 0 Å². The SMILES string of the molecule is [2H]C([2H])(c1ccccc1)c1cc(C)c2c(c1)c1ccc(-c3cccc4c3nc(-c3cccc5c3[n-]c3ccccc35)n4-c3ccccc3)[c-]c1n2-c1cc(-c2ccccc2)ccn1.[Pt+2]. The zero-order chi connectivity index (χ0) is 42.2. The van der Waals surface area contributed by atoms with Crippen molar-refractivity contribution in [3.05, 3.63) is 217 Å². The second kappa shape index (κ2) is 15.3. The second-order valence-electron chi connectivity index (χ2n) is 15.5. The number of hydrogen-bond acceptors (Lipinski definition) is 2. The van der Waals surface area contributed by atoms with E-state index in [0.717, 1.165) is 105 Å². The standard InChI is InChI=1S/C56H37N5.Pt/c1-36-31-38(32-37-15-5-2-6-16-37)33-48-45-28-27-41(34-51(45)61(55(36)48)52-35-40(29-30-57-52)39-17-7-3-8-18-39)43-22-14-26-50-54(43)59-56(60(50)42-19-9-4-10-20-42)47-24-13-23-46-44-21-11-12-25-49(44)58-53(46)47;/h2-31,33,35H,32H2,1H3;/q-2;+2/i32D2;. The van der Waals surface area contributed by atoms with Crippen LogP contribution in [0.15, 0.2) is 194 Å². The molecule has 0 fully saturated rings. The monoisotopic (exact) mass is 976 g/mol. The summed E-state index contributed by atoms with van der Waals surface area (Å²) in [6.45, 7) is 2.06. The van der Waals surface area contributed by atoms with E-state index in [-0.39, 0.29) is 21.1 Å². The number of nitrogens with zero attached hydrogens (tertiary/aromatic N) is 5. The first kappa shape index (κ1) is 35.4. The van der Waals surface area contributed by atoms with Crippen LogP contribution in [0.1, 0.15) is 19.4 Å². The molecule has 0 unspecified atom stereocenters. The third kappa shape index (κ3) is 6.19. The summed E-state index contributed by atoms with van der Waals surface area (Å²) in [6, 6.07) is 67.5. The van der Waals surface area contributed by atoms with Gasteiger partial charge in [-0.1, -0.05) is 157 Å². The van der Waals surface area contributed by atoms with E-state index < -0.39 is 6.37 Å². The molecule has 0 bridgehead atoms. The molecule has 62 heavy (non-hydrogen) atoms. The van der Waals surface area contributed by atoms with Crippen molar-refractivity contribution in [2.45, 2.75) is 13.3 Å². The van der Waals surface area contributed by atoms with Crippen LogP contribution in [0.5, 0.6) is 0 Å². The number of aryl methyl sites for hydroxylation is 1. The predicted molar refractivity (Wildman–Crippen MR) is 251 cm³/mol. The van der Waals surface area contributed by atoms with E-state index in [1.165, 1.54) is 0 Å². The van der Waals surface area contributed by atoms with Gasteiger partial charge in [0.15, 0.2) is 0 Å². The summed E-state index contributed by atoms with van der Waals surface area (Å²) in [4.78, 5) is 15.7. The molecular weight excluding hydrogens is 938 g/mol. The van der Waals surface area contributed by atoms with Gasteiger partial charge in [0, 0.05) is 25.7 Å². The van der Waals surface area contributed by atoms with Crippen molar-refractivity contribution in [3.63, 3.8) is 0 Å². The molecule has 296 valence electrons. The summed E-state index contributed by atoms with van der Waals surface area (Å²) in [5.41, 5.74) is 13.6. The van der Waals surface area contributed by atoms with Gasteiger partial charge in [-0.2, -0.15) is 0 Å². The molecular formula is C56H37N5Pt. The number of fused-ring (bicyclic) bond motifs is 7. The quantitative estimate of drug-likeness (QED) is 0.150. The van der Waals surface area contributed by atoms with E-state index in [4.69, 9.17) is 15.0 Å². The molecule has 0 atom stereocenters. The topological polar surface area (TPSA) is 49.7 Å². The van der Waals surface area contributed by atoms with Crippen molar-refractivity contribution in [2.24, 2.45) is 0 Å². The van der Waals surface area contributed by atoms with Crippen molar-refractivity contribution >= 4 is 54.6 Å². The summed E-state index contributed by atoms with van der Waals surface area (Å²) >= 11 is 0. The molecule has 0 spiro atoms. The van der Waals surface area contributed by atoms with Crippen LogP contribution >= 0.6 is 0 Å². The van der Waals surface area contributed by atoms with Crippen molar-refractivity contribution in [3.8, 4) is 45.1 Å². The van der Waals surface area contributed by atoms with Gasteiger partial charge in [-0.05, 0) is 93.1 Å². The van der Waals surface area contributed by atoms with Gasteiger partial charge >= 0.3 is 21.1 Å². The Labute approximate surface area is 376 Å². The molecule has 0 saturated carbocycles. The van der Waals surface area contributed by atoms with Crippen LogP contribution in [0.25, 0.3) is 99.8 Å². The van der Waals surface area contributed by atoms with Crippen LogP contribution < -0.4 is 4.98 Å². The fraction of sp³-hybridized carbons (Fsp3) is 0.0357. The number of aromatic nitrogens is 5. The average molecular weight is 977 g/mol. The largest absolute Gasteiger partial charge is 2.00 e. The van der Waals surface area contributed by atoms with Gasteiger partial charge in [-0.3, -0.25) is 4.57 Å². The Morgan fingerprint density at radius 3 is 2.16 bits per heavy atom. The summed E-state index contributed by atoms with van der Waals surface area (Å²) in [7, 11) is 0. The zero-order valence-corrected chi connectivity index (χ0v) is 35.8. The molecule has 12 rings (SSSR count). The van der Waals surface area contributed by atoms with Crippen LogP contribution in [-0.4, -0.2) is 19.1 Å². The van der Waals surface area contributed by atoms with Crippen LogP contribution in [0, 0.1) is 13.0 Å². The van der Waals surface area contributed by atoms with Gasteiger partial charge in [-0.15, -0.1) is 34.8 Å². The Hall–Kier alpha value is -7.33. The number of benzene rings is 8. The van der Waals surface area contributed by atoms with E-state index in [1.54, 1.807) is 0 Å². The first-order chi connectivity index (χ1) is 30.9. The van der Waals surface area contributed by atoms with Gasteiger partial charge < -0.3 is 9.55 Å². The molecule has 12 aromatic rings. The van der Waals surface area contributed by atoms with Gasteiger partial charge in [0.2, 0.25) is 0 Å². The molecule has 0 N–H and O–H groups in total. The Morgan fingerprint density at radius 2 is 1.32 bits per heavy atom. The van der Waals surface area contributed by atoms with Crippen molar-refractivity contribution < 1.29 is 23.8 Å². The Kier molecular flexibility index (Phi) is 8.74. The van der Waals surface area contributed by atoms with Crippen molar-refractivity contribution in [2.75, 3.05) is 0 Å². The van der Waals surface area contributed by atoms with Crippen LogP contribution in [0.4, 0.5) is 0 Å². The van der Waals surface area contributed by atoms with E-state index in [1.807, 2.05) is 85.1 Å². The zero-order valence-electron chi connectivity index (χ0n) is 35.5. The smallest absolute Gasteiger partial charge is 0.656 e. The fourth-order valence-corrected chi connectivity index (χ4v) is 9.08. The minimum absolute atomic E-state index is 0. The first-order valence-electron chi connectivity index (χ1n) is 21.5. The summed E-state index contributed by atoms with van der Waals surface area (Å²) < 4.78 is 23.1. The maximum Gasteiger partial charge on any atom is 2.00 e. The third-order valence-corrected chi connectivity index (χ3v) is 11.8. The van der Waals surface area contributed by atoms with E-state index in [2.05, 4.69) is 131 Å². The van der Waals surface area contributed by atoms with Crippen LogP contribution in [0.3, 0.4) is 0 Å². The molecule has 0 radical (unpaired) electrons. The third-order valence-electron chi connectivity index (χ3n) is 11.8. The van der Waals surface area contributed by atoms with Crippen molar-refractivity contribution in [1.82, 2.24) is 24.1 Å². The molecule has 0 aliphatic heterocycles. The summed E-state index contributed by atoms with van der Waals surface area (Å²) in [5.74, 6) is 1.56. The van der Waals surface area contributed by atoms with Crippen molar-refractivity contribution in [1.29, 1.82) is 0 Å². The number of pyridine rings is 1. The molecule has 4 aromatic heterocycles. The minimum Gasteiger partial charge on any atom is -0.656 e. The number of para-hydroxylation sites is 4. The number of hydrogen-bond donors (Lipinski definition) is 0. The van der Waals surface area contributed by atoms with Gasteiger partial charge in [0.1, 0.15) is 11.6 Å². The maximum absolute atomic E-state index is 9.35. The van der Waals surface area contributed by atoms with Crippen LogP contribution in [0.2, 0.25) is 0 Å². The summed E-state index contributed by atoms with van der Waals surface area (Å²) in [6.07, 6.45) is 0.143. The minimum atomic E-state index is -1.72. The van der Waals surface area contributed by atoms with E-state index in [9.17, 15) is 2.74 Å². The first-order valence-corrected chi connectivity index (χ1v) is 20.5. The molecule has 0 aliphatic carbocycles. The van der Waals surface area contributed by atoms with Gasteiger partial charge in [-0.25, -0.2) is 9.97 Å². The second-order valence-corrected chi connectivity index (χ2v) is 15.5. The molecule has 0 amide bonds. The normalized spacial score (nSPS) is 12.3. The van der Waals surface area contributed by atoms with E-state index in [0.29, 0.717) is 11.1 Å². The Bertz CT molecular complexity index is 3720. The van der Waals surface area contributed by atoms with Gasteiger partial charge in [0.05, 0.1) is 11.0 Å². The molecule has 4 heterocycles.